The van der Waals surface area contributed by atoms with Crippen LogP contribution in [0.2, 0.25) is 5.02 Å². The second-order valence-corrected chi connectivity index (χ2v) is 10.2. The van der Waals surface area contributed by atoms with Crippen molar-refractivity contribution in [2.75, 3.05) is 0 Å². The van der Waals surface area contributed by atoms with Crippen molar-refractivity contribution in [3.8, 4) is 11.3 Å². The van der Waals surface area contributed by atoms with Crippen LogP contribution in [0.3, 0.4) is 0 Å². The first-order chi connectivity index (χ1) is 15.6. The number of nitrogens with zero attached hydrogens (tertiary/aromatic N) is 1. The molecule has 0 aliphatic rings. The molecule has 0 aliphatic carbocycles. The van der Waals surface area contributed by atoms with Crippen LogP contribution in [0.15, 0.2) is 75.1 Å². The molecule has 7 nitrogen and oxygen atoms in total. The van der Waals surface area contributed by atoms with Crippen LogP contribution < -0.4 is 10.1 Å². The summed E-state index contributed by atoms with van der Waals surface area (Å²) in [6.45, 7) is 5.68. The van der Waals surface area contributed by atoms with E-state index in [0.29, 0.717) is 23.0 Å². The van der Waals surface area contributed by atoms with E-state index in [1.165, 1.54) is 18.3 Å². The van der Waals surface area contributed by atoms with E-state index in [1.807, 2.05) is 32.9 Å². The van der Waals surface area contributed by atoms with Gasteiger partial charge >= 0.3 is 0 Å². The van der Waals surface area contributed by atoms with E-state index < -0.39 is 22.0 Å². The molecular weight excluding hydrogens is 462 g/mol. The lowest BCUT2D eigenvalue weighted by atomic mass is 10.0. The maximum atomic E-state index is 12.7. The Bertz CT molecular complexity index is 1230. The number of rotatable bonds is 9. The molecule has 3 aromatic rings. The third-order valence-corrected chi connectivity index (χ3v) is 6.48. The monoisotopic (exact) mass is 487 g/mol. The highest BCUT2D eigenvalue weighted by molar-refractivity contribution is 7.89. The number of aryl methyl sites for hydroxylation is 1. The Hall–Kier alpha value is -2.94. The van der Waals surface area contributed by atoms with Crippen LogP contribution in [0, 0.1) is 12.8 Å². The molecule has 1 heterocycles. The highest BCUT2D eigenvalue weighted by Crippen LogP contribution is 2.24. The summed E-state index contributed by atoms with van der Waals surface area (Å²) in [5.74, 6) is 0.549. The highest BCUT2D eigenvalue weighted by Gasteiger charge is 2.26. The van der Waals surface area contributed by atoms with Gasteiger partial charge in [-0.25, -0.2) is 13.8 Å². The summed E-state index contributed by atoms with van der Waals surface area (Å²) in [7, 11) is -3.87. The van der Waals surface area contributed by atoms with Crippen LogP contribution in [-0.4, -0.2) is 26.6 Å². The fourth-order valence-corrected chi connectivity index (χ4v) is 4.51. The van der Waals surface area contributed by atoms with Crippen molar-refractivity contribution in [2.24, 2.45) is 11.0 Å². The minimum Gasteiger partial charge on any atom is -0.455 e. The van der Waals surface area contributed by atoms with E-state index in [1.54, 1.807) is 36.4 Å². The Balaban J connectivity index is 1.68. The Morgan fingerprint density at radius 3 is 2.52 bits per heavy atom. The molecule has 33 heavy (non-hydrogen) atoms. The van der Waals surface area contributed by atoms with Gasteiger partial charge in [0.15, 0.2) is 0 Å². The van der Waals surface area contributed by atoms with E-state index in [-0.39, 0.29) is 10.8 Å². The topological polar surface area (TPSA) is 101 Å². The lowest BCUT2D eigenvalue weighted by molar-refractivity contribution is -0.123. The summed E-state index contributed by atoms with van der Waals surface area (Å²) < 4.78 is 33.7. The summed E-state index contributed by atoms with van der Waals surface area (Å²) in [5, 5.41) is 4.52. The van der Waals surface area contributed by atoms with Crippen LogP contribution in [0.4, 0.5) is 0 Å². The highest BCUT2D eigenvalue weighted by atomic mass is 35.5. The quantitative estimate of drug-likeness (QED) is 0.336. The predicted molar refractivity (Wildman–Crippen MR) is 130 cm³/mol. The van der Waals surface area contributed by atoms with Crippen molar-refractivity contribution in [1.29, 1.82) is 0 Å². The first-order valence-electron chi connectivity index (χ1n) is 10.4. The second-order valence-electron chi connectivity index (χ2n) is 8.06. The first-order valence-corrected chi connectivity index (χ1v) is 12.3. The first kappa shape index (κ1) is 24.7. The van der Waals surface area contributed by atoms with Crippen LogP contribution >= 0.6 is 11.6 Å². The van der Waals surface area contributed by atoms with Crippen LogP contribution in [0.1, 0.15) is 31.6 Å². The van der Waals surface area contributed by atoms with Crippen molar-refractivity contribution in [3.63, 3.8) is 0 Å². The fraction of sp³-hybridized carbons (Fsp3) is 0.250. The SMILES string of the molecule is Cc1ccc(S(=O)(=O)N[C@@H](CC(C)C)C(=O)N/N=C\c2ccc(-c3cccc(Cl)c3)o2)cc1. The van der Waals surface area contributed by atoms with E-state index in [9.17, 15) is 13.2 Å². The molecule has 0 fully saturated rings. The fourth-order valence-electron chi connectivity index (χ4n) is 3.11. The molecule has 174 valence electrons. The van der Waals surface area contributed by atoms with Crippen LogP contribution in [0.5, 0.6) is 0 Å². The molecule has 9 heteroatoms. The number of carbonyl (C=O) groups excluding carboxylic acids is 1. The van der Waals surface area contributed by atoms with Gasteiger partial charge in [-0.2, -0.15) is 9.82 Å². The third-order valence-electron chi connectivity index (χ3n) is 4.75. The van der Waals surface area contributed by atoms with Gasteiger partial charge in [0, 0.05) is 10.6 Å². The number of amides is 1. The summed E-state index contributed by atoms with van der Waals surface area (Å²) in [6, 6.07) is 16.2. The zero-order chi connectivity index (χ0) is 24.0. The van der Waals surface area contributed by atoms with Crippen molar-refractivity contribution in [2.45, 2.75) is 38.1 Å². The molecule has 1 amide bonds. The number of hydrogen-bond acceptors (Lipinski definition) is 5. The molecule has 3 rings (SSSR count). The molecule has 1 atom stereocenters. The normalized spacial score (nSPS) is 12.9. The zero-order valence-electron chi connectivity index (χ0n) is 18.6. The van der Waals surface area contributed by atoms with Crippen LogP contribution in [-0.2, 0) is 14.8 Å². The maximum Gasteiger partial charge on any atom is 0.258 e. The minimum absolute atomic E-state index is 0.0794. The van der Waals surface area contributed by atoms with Crippen molar-refractivity contribution in [3.05, 3.63) is 77.0 Å². The van der Waals surface area contributed by atoms with Crippen molar-refractivity contribution in [1.82, 2.24) is 10.1 Å². The molecule has 2 N–H and O–H groups in total. The van der Waals surface area contributed by atoms with Gasteiger partial charge in [0.1, 0.15) is 17.6 Å². The van der Waals surface area contributed by atoms with Gasteiger partial charge in [0.25, 0.3) is 5.91 Å². The molecule has 0 aliphatic heterocycles. The third kappa shape index (κ3) is 7.02. The largest absolute Gasteiger partial charge is 0.455 e. The van der Waals surface area contributed by atoms with E-state index >= 15 is 0 Å². The van der Waals surface area contributed by atoms with Gasteiger partial charge < -0.3 is 4.42 Å². The van der Waals surface area contributed by atoms with Gasteiger partial charge in [-0.1, -0.05) is 55.3 Å². The Labute approximate surface area is 198 Å². The van der Waals surface area contributed by atoms with Gasteiger partial charge in [-0.05, 0) is 55.7 Å². The van der Waals surface area contributed by atoms with Crippen molar-refractivity contribution < 1.29 is 17.6 Å². The Morgan fingerprint density at radius 1 is 1.12 bits per heavy atom. The number of benzene rings is 2. The molecule has 0 spiro atoms. The summed E-state index contributed by atoms with van der Waals surface area (Å²) in [5.41, 5.74) is 4.15. The zero-order valence-corrected chi connectivity index (χ0v) is 20.2. The Kier molecular flexibility index (Phi) is 8.07. The molecular formula is C24H26ClN3O4S. The number of sulfonamides is 1. The standard InChI is InChI=1S/C24H26ClN3O4S/c1-16(2)13-22(28-33(30,31)21-10-7-17(3)8-11-21)24(29)27-26-15-20-9-12-23(32-20)18-5-4-6-19(25)14-18/h4-12,14-16,22,28H,13H2,1-3H3,(H,27,29)/b26-15-/t22-/m0/s1. The molecule has 0 radical (unpaired) electrons. The molecule has 1 aromatic heterocycles. The lowest BCUT2D eigenvalue weighted by Gasteiger charge is -2.19. The maximum absolute atomic E-state index is 12.7. The van der Waals surface area contributed by atoms with E-state index in [2.05, 4.69) is 15.2 Å². The van der Waals surface area contributed by atoms with Crippen molar-refractivity contribution >= 4 is 33.7 Å². The molecule has 0 bridgehead atoms. The van der Waals surface area contributed by atoms with Crippen LogP contribution in [0.25, 0.3) is 11.3 Å². The van der Waals surface area contributed by atoms with Gasteiger partial charge in [0.2, 0.25) is 10.0 Å². The van der Waals surface area contributed by atoms with Gasteiger partial charge in [0.05, 0.1) is 11.1 Å². The number of hydrogen-bond donors (Lipinski definition) is 2. The second kappa shape index (κ2) is 10.8. The number of nitrogens with one attached hydrogen (secondary N) is 2. The molecule has 0 unspecified atom stereocenters. The number of hydrazone groups is 1. The van der Waals surface area contributed by atoms with E-state index in [0.717, 1.165) is 11.1 Å². The van der Waals surface area contributed by atoms with Gasteiger partial charge in [-0.15, -0.1) is 0 Å². The molecule has 2 aromatic carbocycles. The summed E-state index contributed by atoms with van der Waals surface area (Å²) in [6.07, 6.45) is 1.67. The predicted octanol–water partition coefficient (Wildman–Crippen LogP) is 4.75. The molecule has 0 saturated heterocycles. The van der Waals surface area contributed by atoms with E-state index in [4.69, 9.17) is 16.0 Å². The van der Waals surface area contributed by atoms with Gasteiger partial charge in [-0.3, -0.25) is 4.79 Å². The minimum atomic E-state index is -3.87. The smallest absolute Gasteiger partial charge is 0.258 e. The average molecular weight is 488 g/mol. The Morgan fingerprint density at radius 2 is 1.85 bits per heavy atom. The summed E-state index contributed by atoms with van der Waals surface area (Å²) in [4.78, 5) is 12.8. The number of furan rings is 1. The number of carbonyl (C=O) groups is 1. The number of halogens is 1. The lowest BCUT2D eigenvalue weighted by Crippen LogP contribution is -2.46. The molecule has 0 saturated carbocycles. The summed E-state index contributed by atoms with van der Waals surface area (Å²) >= 11 is 6.01. The average Bonchev–Trinajstić information content (AvgIpc) is 3.22.